The van der Waals surface area contributed by atoms with E-state index in [-0.39, 0.29) is 11.5 Å². The fraction of sp³-hybridized carbons (Fsp3) is 0.700. The lowest BCUT2D eigenvalue weighted by atomic mass is 9.69. The maximum Gasteiger partial charge on any atom is 0.161 e. The van der Waals surface area contributed by atoms with Crippen molar-refractivity contribution in [1.29, 1.82) is 0 Å². The zero-order valence-electron chi connectivity index (χ0n) is 15.2. The van der Waals surface area contributed by atoms with Gasteiger partial charge in [0.2, 0.25) is 0 Å². The van der Waals surface area contributed by atoms with Crippen molar-refractivity contribution in [2.24, 2.45) is 5.73 Å². The highest BCUT2D eigenvalue weighted by Gasteiger charge is 2.33. The van der Waals surface area contributed by atoms with Crippen molar-refractivity contribution in [2.75, 3.05) is 33.8 Å². The number of nitrogens with two attached hydrogens (primary N) is 1. The average Bonchev–Trinajstić information content (AvgIpc) is 2.62. The number of hydrogen-bond donors (Lipinski definition) is 1. The summed E-state index contributed by atoms with van der Waals surface area (Å²) < 4.78 is 11.9. The summed E-state index contributed by atoms with van der Waals surface area (Å²) in [6.07, 6.45) is 8.79. The fourth-order valence-corrected chi connectivity index (χ4v) is 4.33. The summed E-state index contributed by atoms with van der Waals surface area (Å²) in [5.74, 6) is 1.71. The van der Waals surface area contributed by atoms with Crippen molar-refractivity contribution in [3.8, 4) is 11.5 Å². The van der Waals surface area contributed by atoms with Gasteiger partial charge in [0.05, 0.1) is 7.11 Å². The molecule has 1 saturated heterocycles. The Hall–Kier alpha value is -1.26. The first-order valence-electron chi connectivity index (χ1n) is 9.41. The van der Waals surface area contributed by atoms with Gasteiger partial charge in [0.15, 0.2) is 11.5 Å². The molecule has 1 atom stereocenters. The fourth-order valence-electron chi connectivity index (χ4n) is 4.33. The third kappa shape index (κ3) is 3.70. The molecule has 2 fully saturated rings. The Morgan fingerprint density at radius 2 is 1.96 bits per heavy atom. The van der Waals surface area contributed by atoms with E-state index in [0.717, 1.165) is 31.0 Å². The molecule has 1 heterocycles. The molecule has 0 radical (unpaired) electrons. The quantitative estimate of drug-likeness (QED) is 0.898. The van der Waals surface area contributed by atoms with Crippen LogP contribution in [0.25, 0.3) is 0 Å². The van der Waals surface area contributed by atoms with Crippen LogP contribution in [0.4, 0.5) is 0 Å². The van der Waals surface area contributed by atoms with Gasteiger partial charge in [-0.1, -0.05) is 25.3 Å². The second-order valence-corrected chi connectivity index (χ2v) is 7.56. The van der Waals surface area contributed by atoms with Gasteiger partial charge in [-0.05, 0) is 57.0 Å². The predicted molar refractivity (Wildman–Crippen MR) is 98.0 cm³/mol. The molecule has 134 valence electrons. The zero-order chi connectivity index (χ0) is 17.0. The SMILES string of the molecule is COc1cc(C2(CN)CCCCC2)ccc1OC1CCCN(C)C1. The highest BCUT2D eigenvalue weighted by molar-refractivity contribution is 5.45. The van der Waals surface area contributed by atoms with Crippen LogP contribution in [0.2, 0.25) is 0 Å². The first-order valence-corrected chi connectivity index (χ1v) is 9.41. The van der Waals surface area contributed by atoms with Crippen LogP contribution in [-0.2, 0) is 5.41 Å². The zero-order valence-corrected chi connectivity index (χ0v) is 15.2. The number of nitrogens with zero attached hydrogens (tertiary/aromatic N) is 1. The number of hydrogen-bond acceptors (Lipinski definition) is 4. The molecule has 2 aliphatic rings. The number of methoxy groups -OCH3 is 1. The van der Waals surface area contributed by atoms with Gasteiger partial charge in [-0.25, -0.2) is 0 Å². The van der Waals surface area contributed by atoms with Crippen molar-refractivity contribution < 1.29 is 9.47 Å². The van der Waals surface area contributed by atoms with Crippen LogP contribution in [0.15, 0.2) is 18.2 Å². The van der Waals surface area contributed by atoms with Gasteiger partial charge in [0.1, 0.15) is 6.10 Å². The topological polar surface area (TPSA) is 47.7 Å². The Balaban J connectivity index is 1.79. The van der Waals surface area contributed by atoms with Crippen molar-refractivity contribution in [2.45, 2.75) is 56.5 Å². The number of benzene rings is 1. The van der Waals surface area contributed by atoms with E-state index in [9.17, 15) is 0 Å². The van der Waals surface area contributed by atoms with E-state index in [1.54, 1.807) is 7.11 Å². The summed E-state index contributed by atoms with van der Waals surface area (Å²) in [5, 5.41) is 0. The van der Waals surface area contributed by atoms with Crippen LogP contribution < -0.4 is 15.2 Å². The molecule has 0 spiro atoms. The lowest BCUT2D eigenvalue weighted by Gasteiger charge is -2.37. The van der Waals surface area contributed by atoms with Crippen LogP contribution in [0.1, 0.15) is 50.5 Å². The minimum atomic E-state index is 0.120. The highest BCUT2D eigenvalue weighted by Crippen LogP contribution is 2.42. The first-order chi connectivity index (χ1) is 11.7. The van der Waals surface area contributed by atoms with Gasteiger partial charge < -0.3 is 20.1 Å². The molecule has 3 rings (SSSR count). The largest absolute Gasteiger partial charge is 0.493 e. The standard InChI is InChI=1S/C20H32N2O2/c1-22-12-6-7-17(14-22)24-18-9-8-16(13-19(18)23-2)20(15-21)10-4-3-5-11-20/h8-9,13,17H,3-7,10-12,14-15,21H2,1-2H3. The molecular formula is C20H32N2O2. The van der Waals surface area contributed by atoms with Crippen LogP contribution in [-0.4, -0.2) is 44.8 Å². The molecule has 2 N–H and O–H groups in total. The predicted octanol–water partition coefficient (Wildman–Crippen LogP) is 3.33. The van der Waals surface area contributed by atoms with Crippen LogP contribution in [0, 0.1) is 0 Å². The molecular weight excluding hydrogens is 300 g/mol. The second-order valence-electron chi connectivity index (χ2n) is 7.56. The molecule has 1 saturated carbocycles. The van der Waals surface area contributed by atoms with E-state index < -0.39 is 0 Å². The molecule has 0 amide bonds. The number of rotatable bonds is 5. The van der Waals surface area contributed by atoms with Gasteiger partial charge in [0, 0.05) is 18.5 Å². The molecule has 4 nitrogen and oxygen atoms in total. The van der Waals surface area contributed by atoms with Gasteiger partial charge in [-0.15, -0.1) is 0 Å². The lowest BCUT2D eigenvalue weighted by Crippen LogP contribution is -2.38. The Kier molecular flexibility index (Phi) is 5.67. The van der Waals surface area contributed by atoms with E-state index in [2.05, 4.69) is 30.1 Å². The number of ether oxygens (including phenoxy) is 2. The number of likely N-dealkylation sites (N-methyl/N-ethyl adjacent to an activating group) is 1. The van der Waals surface area contributed by atoms with Gasteiger partial charge >= 0.3 is 0 Å². The molecule has 1 unspecified atom stereocenters. The summed E-state index contributed by atoms with van der Waals surface area (Å²) in [5.41, 5.74) is 7.62. The molecule has 1 aromatic rings. The van der Waals surface area contributed by atoms with Crippen LogP contribution in [0.3, 0.4) is 0 Å². The van der Waals surface area contributed by atoms with E-state index in [1.807, 2.05) is 0 Å². The first kappa shape index (κ1) is 17.6. The summed E-state index contributed by atoms with van der Waals surface area (Å²) >= 11 is 0. The number of likely N-dealkylation sites (tertiary alicyclic amines) is 1. The maximum absolute atomic E-state index is 6.26. The van der Waals surface area contributed by atoms with E-state index >= 15 is 0 Å². The van der Waals surface area contributed by atoms with Crippen molar-refractivity contribution in [3.05, 3.63) is 23.8 Å². The molecule has 0 aromatic heterocycles. The van der Waals surface area contributed by atoms with Crippen molar-refractivity contribution in [3.63, 3.8) is 0 Å². The Morgan fingerprint density at radius 1 is 1.17 bits per heavy atom. The average molecular weight is 332 g/mol. The minimum Gasteiger partial charge on any atom is -0.493 e. The van der Waals surface area contributed by atoms with E-state index in [1.165, 1.54) is 44.1 Å². The Bertz CT molecular complexity index is 540. The summed E-state index contributed by atoms with van der Waals surface area (Å²) in [6.45, 7) is 2.86. The van der Waals surface area contributed by atoms with Crippen LogP contribution >= 0.6 is 0 Å². The summed E-state index contributed by atoms with van der Waals surface area (Å²) in [7, 11) is 3.89. The molecule has 1 aromatic carbocycles. The lowest BCUT2D eigenvalue weighted by molar-refractivity contribution is 0.101. The smallest absolute Gasteiger partial charge is 0.161 e. The van der Waals surface area contributed by atoms with Crippen LogP contribution in [0.5, 0.6) is 11.5 Å². The molecule has 24 heavy (non-hydrogen) atoms. The molecule has 1 aliphatic heterocycles. The van der Waals surface area contributed by atoms with Gasteiger partial charge in [0.25, 0.3) is 0 Å². The summed E-state index contributed by atoms with van der Waals surface area (Å²) in [4.78, 5) is 2.33. The van der Waals surface area contributed by atoms with E-state index in [0.29, 0.717) is 6.54 Å². The third-order valence-electron chi connectivity index (χ3n) is 5.85. The van der Waals surface area contributed by atoms with Crippen molar-refractivity contribution >= 4 is 0 Å². The molecule has 1 aliphatic carbocycles. The Morgan fingerprint density at radius 3 is 2.62 bits per heavy atom. The molecule has 4 heteroatoms. The van der Waals surface area contributed by atoms with Gasteiger partial charge in [-0.3, -0.25) is 0 Å². The molecule has 0 bridgehead atoms. The van der Waals surface area contributed by atoms with Crippen molar-refractivity contribution in [1.82, 2.24) is 4.90 Å². The Labute approximate surface area is 146 Å². The monoisotopic (exact) mass is 332 g/mol. The third-order valence-corrected chi connectivity index (χ3v) is 5.85. The highest BCUT2D eigenvalue weighted by atomic mass is 16.5. The van der Waals surface area contributed by atoms with E-state index in [4.69, 9.17) is 15.2 Å². The normalized spacial score (nSPS) is 24.5. The van der Waals surface area contributed by atoms with Gasteiger partial charge in [-0.2, -0.15) is 0 Å². The summed E-state index contributed by atoms with van der Waals surface area (Å²) in [6, 6.07) is 6.47. The number of piperidine rings is 1. The second kappa shape index (κ2) is 7.75. The minimum absolute atomic E-state index is 0.120. The maximum atomic E-state index is 6.26.